The maximum Gasteiger partial charge on any atom is 0.159 e. The number of ketones is 1. The summed E-state index contributed by atoms with van der Waals surface area (Å²) in [5.74, 6) is 0.109. The van der Waals surface area contributed by atoms with E-state index in [1.807, 2.05) is 13.8 Å². The SMILES string of the molecule is CC(=O)C1=C([Si](C)(C)C)N=NC1(C)C. The van der Waals surface area contributed by atoms with Gasteiger partial charge in [-0.2, -0.15) is 10.2 Å². The van der Waals surface area contributed by atoms with E-state index < -0.39 is 13.6 Å². The van der Waals surface area contributed by atoms with Crippen LogP contribution in [0.25, 0.3) is 0 Å². The molecule has 0 aromatic heterocycles. The standard InChI is InChI=1S/C10H18N2OSi/c1-7(13)8-9(14(4,5)6)11-12-10(8,2)3/h1-6H3. The quantitative estimate of drug-likeness (QED) is 0.646. The monoisotopic (exact) mass is 210 g/mol. The molecule has 0 spiro atoms. The predicted octanol–water partition coefficient (Wildman–Crippen LogP) is 2.95. The van der Waals surface area contributed by atoms with Gasteiger partial charge in [-0.3, -0.25) is 4.79 Å². The third-order valence-electron chi connectivity index (χ3n) is 2.31. The minimum atomic E-state index is -1.54. The van der Waals surface area contributed by atoms with Crippen LogP contribution in [0.5, 0.6) is 0 Å². The molecule has 0 aromatic rings. The van der Waals surface area contributed by atoms with Crippen molar-refractivity contribution < 1.29 is 4.79 Å². The predicted molar refractivity (Wildman–Crippen MR) is 60.0 cm³/mol. The van der Waals surface area contributed by atoms with Crippen molar-refractivity contribution in [1.29, 1.82) is 0 Å². The summed E-state index contributed by atoms with van der Waals surface area (Å²) in [6.45, 7) is 12.1. The average Bonchev–Trinajstić information content (AvgIpc) is 2.23. The van der Waals surface area contributed by atoms with Gasteiger partial charge in [0, 0.05) is 5.57 Å². The van der Waals surface area contributed by atoms with Crippen molar-refractivity contribution in [3.63, 3.8) is 0 Å². The summed E-state index contributed by atoms with van der Waals surface area (Å²) < 4.78 is 0. The van der Waals surface area contributed by atoms with Crippen LogP contribution in [0.2, 0.25) is 19.6 Å². The first-order valence-corrected chi connectivity index (χ1v) is 8.35. The maximum absolute atomic E-state index is 11.6. The highest BCUT2D eigenvalue weighted by molar-refractivity contribution is 6.83. The van der Waals surface area contributed by atoms with E-state index in [9.17, 15) is 4.79 Å². The van der Waals surface area contributed by atoms with Gasteiger partial charge >= 0.3 is 0 Å². The number of azo groups is 1. The van der Waals surface area contributed by atoms with Crippen molar-refractivity contribution in [1.82, 2.24) is 0 Å². The second kappa shape index (κ2) is 3.12. The third kappa shape index (κ3) is 1.85. The Morgan fingerprint density at radius 3 is 2.07 bits per heavy atom. The fraction of sp³-hybridized carbons (Fsp3) is 0.700. The van der Waals surface area contributed by atoms with Gasteiger partial charge in [0.2, 0.25) is 0 Å². The topological polar surface area (TPSA) is 41.8 Å². The van der Waals surface area contributed by atoms with Gasteiger partial charge in [-0.05, 0) is 20.8 Å². The van der Waals surface area contributed by atoms with Crippen LogP contribution in [0.4, 0.5) is 0 Å². The molecule has 0 unspecified atom stereocenters. The van der Waals surface area contributed by atoms with Crippen molar-refractivity contribution in [3.05, 3.63) is 10.9 Å². The molecule has 78 valence electrons. The van der Waals surface area contributed by atoms with E-state index in [1.165, 1.54) is 0 Å². The Hall–Kier alpha value is -0.773. The third-order valence-corrected chi connectivity index (χ3v) is 4.08. The van der Waals surface area contributed by atoms with E-state index >= 15 is 0 Å². The first-order chi connectivity index (χ1) is 6.16. The Bertz CT molecular complexity index is 335. The number of hydrogen-bond acceptors (Lipinski definition) is 3. The molecular weight excluding hydrogens is 192 g/mol. The van der Waals surface area contributed by atoms with Gasteiger partial charge in [-0.25, -0.2) is 0 Å². The molecule has 1 aliphatic rings. The maximum atomic E-state index is 11.6. The zero-order valence-electron chi connectivity index (χ0n) is 9.80. The van der Waals surface area contributed by atoms with Gasteiger partial charge in [0.15, 0.2) is 5.78 Å². The fourth-order valence-corrected chi connectivity index (χ4v) is 3.27. The lowest BCUT2D eigenvalue weighted by molar-refractivity contribution is -0.114. The highest BCUT2D eigenvalue weighted by atomic mass is 28.3. The van der Waals surface area contributed by atoms with E-state index in [0.29, 0.717) is 0 Å². The Labute approximate surface area is 86.3 Å². The second-order valence-electron chi connectivity index (χ2n) is 5.29. The van der Waals surface area contributed by atoms with Crippen molar-refractivity contribution >= 4 is 13.9 Å². The highest BCUT2D eigenvalue weighted by Crippen LogP contribution is 2.36. The van der Waals surface area contributed by atoms with Gasteiger partial charge in [-0.1, -0.05) is 19.6 Å². The van der Waals surface area contributed by atoms with Gasteiger partial charge in [0.05, 0.1) is 5.32 Å². The van der Waals surface area contributed by atoms with Crippen molar-refractivity contribution in [2.75, 3.05) is 0 Å². The van der Waals surface area contributed by atoms with Gasteiger partial charge in [-0.15, -0.1) is 0 Å². The summed E-state index contributed by atoms with van der Waals surface area (Å²) in [5.41, 5.74) is 0.401. The number of rotatable bonds is 2. The van der Waals surface area contributed by atoms with E-state index in [-0.39, 0.29) is 5.78 Å². The Morgan fingerprint density at radius 1 is 1.29 bits per heavy atom. The highest BCUT2D eigenvalue weighted by Gasteiger charge is 2.39. The first-order valence-electron chi connectivity index (χ1n) is 4.85. The summed E-state index contributed by atoms with van der Waals surface area (Å²) in [5, 5.41) is 9.36. The fourth-order valence-electron chi connectivity index (χ4n) is 1.69. The molecule has 0 N–H and O–H groups in total. The van der Waals surface area contributed by atoms with Crippen molar-refractivity contribution in [2.45, 2.75) is 46.0 Å². The molecule has 0 aromatic carbocycles. The minimum Gasteiger partial charge on any atom is -0.295 e. The first kappa shape index (κ1) is 11.3. The van der Waals surface area contributed by atoms with E-state index in [4.69, 9.17) is 0 Å². The lowest BCUT2D eigenvalue weighted by Crippen LogP contribution is -2.29. The lowest BCUT2D eigenvalue weighted by Gasteiger charge is -2.20. The van der Waals surface area contributed by atoms with Crippen LogP contribution < -0.4 is 0 Å². The molecule has 1 heterocycles. The molecule has 1 rings (SSSR count). The summed E-state index contributed by atoms with van der Waals surface area (Å²) >= 11 is 0. The molecule has 14 heavy (non-hydrogen) atoms. The van der Waals surface area contributed by atoms with Gasteiger partial charge in [0.1, 0.15) is 13.6 Å². The number of nitrogens with zero attached hydrogens (tertiary/aromatic N) is 2. The van der Waals surface area contributed by atoms with Crippen LogP contribution >= 0.6 is 0 Å². The number of Topliss-reactive ketones (excluding diaryl/α,β-unsaturated/α-hetero) is 1. The summed E-state index contributed by atoms with van der Waals surface area (Å²) in [6.07, 6.45) is 0. The van der Waals surface area contributed by atoms with Crippen LogP contribution in [0.1, 0.15) is 20.8 Å². The summed E-state index contributed by atoms with van der Waals surface area (Å²) in [6, 6.07) is 0. The molecule has 0 saturated carbocycles. The van der Waals surface area contributed by atoms with E-state index in [1.54, 1.807) is 6.92 Å². The second-order valence-corrected chi connectivity index (χ2v) is 10.3. The molecular formula is C10H18N2OSi. The van der Waals surface area contributed by atoms with Crippen LogP contribution in [0.15, 0.2) is 21.1 Å². The molecule has 0 radical (unpaired) electrons. The minimum absolute atomic E-state index is 0.109. The Kier molecular flexibility index (Phi) is 2.52. The Morgan fingerprint density at radius 2 is 1.79 bits per heavy atom. The normalized spacial score (nSPS) is 20.4. The Balaban J connectivity index is 3.32. The van der Waals surface area contributed by atoms with Crippen LogP contribution in [0.3, 0.4) is 0 Å². The smallest absolute Gasteiger partial charge is 0.159 e. The molecule has 3 nitrogen and oxygen atoms in total. The van der Waals surface area contributed by atoms with Crippen molar-refractivity contribution in [3.8, 4) is 0 Å². The number of carbonyl (C=O) groups is 1. The summed E-state index contributed by atoms with van der Waals surface area (Å²) in [7, 11) is -1.54. The molecule has 0 fully saturated rings. The molecule has 4 heteroatoms. The van der Waals surface area contributed by atoms with Gasteiger partial charge < -0.3 is 0 Å². The molecule has 0 saturated heterocycles. The molecule has 0 aliphatic carbocycles. The van der Waals surface area contributed by atoms with E-state index in [2.05, 4.69) is 29.9 Å². The van der Waals surface area contributed by atoms with Crippen LogP contribution in [-0.4, -0.2) is 19.4 Å². The molecule has 0 amide bonds. The molecule has 0 bridgehead atoms. The van der Waals surface area contributed by atoms with Crippen LogP contribution in [0, 0.1) is 0 Å². The average molecular weight is 210 g/mol. The van der Waals surface area contributed by atoms with Crippen LogP contribution in [-0.2, 0) is 4.79 Å². The molecule has 1 aliphatic heterocycles. The zero-order chi connectivity index (χ0) is 11.1. The molecule has 0 atom stereocenters. The van der Waals surface area contributed by atoms with E-state index in [0.717, 1.165) is 10.9 Å². The zero-order valence-corrected chi connectivity index (χ0v) is 10.8. The number of carbonyl (C=O) groups excluding carboxylic acids is 1. The van der Waals surface area contributed by atoms with Gasteiger partial charge in [0.25, 0.3) is 0 Å². The summed E-state index contributed by atoms with van der Waals surface area (Å²) in [4.78, 5) is 11.6. The lowest BCUT2D eigenvalue weighted by atomic mass is 9.94. The largest absolute Gasteiger partial charge is 0.295 e. The number of hydrogen-bond donors (Lipinski definition) is 0. The van der Waals surface area contributed by atoms with Crippen molar-refractivity contribution in [2.24, 2.45) is 10.2 Å².